The van der Waals surface area contributed by atoms with E-state index in [2.05, 4.69) is 29.6 Å². The fourth-order valence-corrected chi connectivity index (χ4v) is 3.34. The largest absolute Gasteiger partial charge is 0.464 e. The van der Waals surface area contributed by atoms with Gasteiger partial charge < -0.3 is 9.73 Å². The van der Waals surface area contributed by atoms with Crippen LogP contribution >= 0.6 is 0 Å². The van der Waals surface area contributed by atoms with E-state index in [-0.39, 0.29) is 11.3 Å². The lowest BCUT2D eigenvalue weighted by Gasteiger charge is -2.16. The van der Waals surface area contributed by atoms with Crippen LogP contribution in [-0.4, -0.2) is 12.5 Å². The SMILES string of the molecule is Cc1ccc2c(CC(=O)NCC3(c4ccccc4)CC3)coc2c1. The molecule has 4 rings (SSSR count). The molecule has 0 bridgehead atoms. The quantitative estimate of drug-likeness (QED) is 0.768. The Morgan fingerprint density at radius 3 is 2.71 bits per heavy atom. The summed E-state index contributed by atoms with van der Waals surface area (Å²) < 4.78 is 5.58. The highest BCUT2D eigenvalue weighted by Crippen LogP contribution is 2.47. The maximum atomic E-state index is 12.4. The van der Waals surface area contributed by atoms with Crippen molar-refractivity contribution in [2.24, 2.45) is 0 Å². The number of hydrogen-bond donors (Lipinski definition) is 1. The highest BCUT2D eigenvalue weighted by Gasteiger charge is 2.44. The molecular weight excluding hydrogens is 298 g/mol. The number of fused-ring (bicyclic) bond motifs is 1. The first-order valence-electron chi connectivity index (χ1n) is 8.45. The minimum absolute atomic E-state index is 0.0560. The van der Waals surface area contributed by atoms with E-state index in [1.807, 2.05) is 31.2 Å². The lowest BCUT2D eigenvalue weighted by molar-refractivity contribution is -0.120. The molecule has 0 atom stereocenters. The van der Waals surface area contributed by atoms with Gasteiger partial charge in [0.15, 0.2) is 0 Å². The second-order valence-electron chi connectivity index (χ2n) is 6.86. The maximum Gasteiger partial charge on any atom is 0.224 e. The van der Waals surface area contributed by atoms with Crippen molar-refractivity contribution in [3.8, 4) is 0 Å². The summed E-state index contributed by atoms with van der Waals surface area (Å²) in [7, 11) is 0. The monoisotopic (exact) mass is 319 g/mol. The van der Waals surface area contributed by atoms with Gasteiger partial charge in [-0.3, -0.25) is 4.79 Å². The third-order valence-corrected chi connectivity index (χ3v) is 5.03. The zero-order valence-corrected chi connectivity index (χ0v) is 13.8. The van der Waals surface area contributed by atoms with E-state index in [0.29, 0.717) is 13.0 Å². The summed E-state index contributed by atoms with van der Waals surface area (Å²) in [5, 5.41) is 4.15. The maximum absolute atomic E-state index is 12.4. The second kappa shape index (κ2) is 5.82. The molecule has 0 radical (unpaired) electrons. The van der Waals surface area contributed by atoms with Crippen molar-refractivity contribution in [3.05, 3.63) is 71.5 Å². The fraction of sp³-hybridized carbons (Fsp3) is 0.286. The minimum atomic E-state index is 0.0560. The molecule has 122 valence electrons. The van der Waals surface area contributed by atoms with Gasteiger partial charge in [0, 0.05) is 22.9 Å². The van der Waals surface area contributed by atoms with Crippen molar-refractivity contribution in [3.63, 3.8) is 0 Å². The number of benzene rings is 2. The Kier molecular flexibility index (Phi) is 3.64. The number of nitrogens with one attached hydrogen (secondary N) is 1. The van der Waals surface area contributed by atoms with E-state index < -0.39 is 0 Å². The van der Waals surface area contributed by atoms with Gasteiger partial charge in [-0.2, -0.15) is 0 Å². The first-order valence-corrected chi connectivity index (χ1v) is 8.45. The molecule has 1 fully saturated rings. The summed E-state index contributed by atoms with van der Waals surface area (Å²) in [6.45, 7) is 2.75. The third kappa shape index (κ3) is 2.82. The lowest BCUT2D eigenvalue weighted by atomic mass is 9.96. The summed E-state index contributed by atoms with van der Waals surface area (Å²) in [6, 6.07) is 16.6. The molecule has 3 heteroatoms. The predicted molar refractivity (Wildman–Crippen MR) is 95.0 cm³/mol. The van der Waals surface area contributed by atoms with E-state index in [9.17, 15) is 4.79 Å². The molecule has 1 N–H and O–H groups in total. The Morgan fingerprint density at radius 2 is 1.96 bits per heavy atom. The molecule has 1 aromatic heterocycles. The molecule has 0 unspecified atom stereocenters. The Labute approximate surface area is 141 Å². The Hall–Kier alpha value is -2.55. The average molecular weight is 319 g/mol. The molecule has 1 amide bonds. The van der Waals surface area contributed by atoms with Crippen molar-refractivity contribution in [2.45, 2.75) is 31.6 Å². The molecular formula is C21H21NO2. The second-order valence-corrected chi connectivity index (χ2v) is 6.86. The summed E-state index contributed by atoms with van der Waals surface area (Å²) >= 11 is 0. The molecule has 0 saturated heterocycles. The van der Waals surface area contributed by atoms with Crippen molar-refractivity contribution in [1.29, 1.82) is 0 Å². The number of carbonyl (C=O) groups excluding carboxylic acids is 1. The first-order chi connectivity index (χ1) is 11.7. The zero-order valence-electron chi connectivity index (χ0n) is 13.8. The molecule has 0 spiro atoms. The standard InChI is InChI=1S/C21H21NO2/c1-15-7-8-18-16(13-24-19(18)11-15)12-20(23)22-14-21(9-10-21)17-5-3-2-4-6-17/h2-8,11,13H,9-10,12,14H2,1H3,(H,22,23). The van der Waals surface area contributed by atoms with Crippen LogP contribution in [0.2, 0.25) is 0 Å². The molecule has 3 nitrogen and oxygen atoms in total. The fourth-order valence-electron chi connectivity index (χ4n) is 3.34. The van der Waals surface area contributed by atoms with Crippen LogP contribution in [0, 0.1) is 6.92 Å². The first kappa shape index (κ1) is 15.0. The Bertz CT molecular complexity index is 875. The zero-order chi connectivity index (χ0) is 16.6. The van der Waals surface area contributed by atoms with Crippen molar-refractivity contribution >= 4 is 16.9 Å². The van der Waals surface area contributed by atoms with Gasteiger partial charge in [0.2, 0.25) is 5.91 Å². The van der Waals surface area contributed by atoms with Crippen LogP contribution in [0.3, 0.4) is 0 Å². The number of rotatable bonds is 5. The van der Waals surface area contributed by atoms with Gasteiger partial charge >= 0.3 is 0 Å². The van der Waals surface area contributed by atoms with Crippen molar-refractivity contribution in [2.75, 3.05) is 6.54 Å². The normalized spacial score (nSPS) is 15.4. The molecule has 24 heavy (non-hydrogen) atoms. The van der Waals surface area contributed by atoms with Gasteiger partial charge in [-0.05, 0) is 37.0 Å². The van der Waals surface area contributed by atoms with E-state index in [0.717, 1.165) is 34.9 Å². The number of amides is 1. The van der Waals surface area contributed by atoms with E-state index in [4.69, 9.17) is 4.42 Å². The molecule has 1 aliphatic carbocycles. The van der Waals surface area contributed by atoms with Crippen molar-refractivity contribution in [1.82, 2.24) is 5.32 Å². The number of carbonyl (C=O) groups is 1. The summed E-state index contributed by atoms with van der Waals surface area (Å²) in [6.07, 6.45) is 4.35. The molecule has 2 aromatic carbocycles. The van der Waals surface area contributed by atoms with E-state index in [1.165, 1.54) is 5.56 Å². The molecule has 1 saturated carbocycles. The Balaban J connectivity index is 1.42. The molecule has 3 aromatic rings. The molecule has 0 aliphatic heterocycles. The van der Waals surface area contributed by atoms with Gasteiger partial charge in [0.1, 0.15) is 5.58 Å². The van der Waals surface area contributed by atoms with Crippen LogP contribution < -0.4 is 5.32 Å². The predicted octanol–water partition coefficient (Wildman–Crippen LogP) is 4.13. The number of hydrogen-bond acceptors (Lipinski definition) is 2. The third-order valence-electron chi connectivity index (χ3n) is 5.03. The van der Waals surface area contributed by atoms with Gasteiger partial charge in [-0.25, -0.2) is 0 Å². The topological polar surface area (TPSA) is 42.2 Å². The summed E-state index contributed by atoms with van der Waals surface area (Å²) in [4.78, 5) is 12.4. The van der Waals surface area contributed by atoms with Gasteiger partial charge in [0.05, 0.1) is 12.7 Å². The van der Waals surface area contributed by atoms with E-state index >= 15 is 0 Å². The van der Waals surface area contributed by atoms with Crippen LogP contribution in [0.25, 0.3) is 11.0 Å². The van der Waals surface area contributed by atoms with Crippen LogP contribution in [0.4, 0.5) is 0 Å². The molecule has 1 aliphatic rings. The minimum Gasteiger partial charge on any atom is -0.464 e. The number of aryl methyl sites for hydroxylation is 1. The van der Waals surface area contributed by atoms with E-state index in [1.54, 1.807) is 6.26 Å². The smallest absolute Gasteiger partial charge is 0.224 e. The highest BCUT2D eigenvalue weighted by atomic mass is 16.3. The summed E-state index contributed by atoms with van der Waals surface area (Å²) in [5.74, 6) is 0.0560. The lowest BCUT2D eigenvalue weighted by Crippen LogP contribution is -2.33. The van der Waals surface area contributed by atoms with Gasteiger partial charge in [0.25, 0.3) is 0 Å². The van der Waals surface area contributed by atoms with Gasteiger partial charge in [-0.15, -0.1) is 0 Å². The average Bonchev–Trinajstić information content (AvgIpc) is 3.30. The Morgan fingerprint density at radius 1 is 1.17 bits per heavy atom. The van der Waals surface area contributed by atoms with Crippen molar-refractivity contribution < 1.29 is 9.21 Å². The van der Waals surface area contributed by atoms with Crippen LogP contribution in [0.15, 0.2) is 59.2 Å². The highest BCUT2D eigenvalue weighted by molar-refractivity contribution is 5.88. The van der Waals surface area contributed by atoms with Crippen LogP contribution in [0.1, 0.15) is 29.5 Å². The summed E-state index contributed by atoms with van der Waals surface area (Å²) in [5.41, 5.74) is 4.43. The van der Waals surface area contributed by atoms with Crippen LogP contribution in [0.5, 0.6) is 0 Å². The van der Waals surface area contributed by atoms with Gasteiger partial charge in [-0.1, -0.05) is 42.5 Å². The number of furan rings is 1. The molecule has 1 heterocycles. The van der Waals surface area contributed by atoms with Crippen LogP contribution in [-0.2, 0) is 16.6 Å².